The van der Waals surface area contributed by atoms with Crippen LogP contribution in [0.1, 0.15) is 19.5 Å². The lowest BCUT2D eigenvalue weighted by molar-refractivity contribution is 0.0805. The molecule has 1 rings (SSSR count). The molecule has 0 aromatic carbocycles. The molecule has 0 aliphatic heterocycles. The second-order valence-corrected chi connectivity index (χ2v) is 4.06. The number of hydrogen-bond acceptors (Lipinski definition) is 4. The highest BCUT2D eigenvalue weighted by molar-refractivity contribution is 6.16. The van der Waals surface area contributed by atoms with Crippen LogP contribution in [0.5, 0.6) is 5.88 Å². The summed E-state index contributed by atoms with van der Waals surface area (Å²) in [6, 6.07) is 0. The van der Waals surface area contributed by atoms with Crippen molar-refractivity contribution in [2.24, 2.45) is 5.92 Å². The monoisotopic (exact) mass is 244 g/mol. The van der Waals surface area contributed by atoms with Crippen LogP contribution in [0.3, 0.4) is 0 Å². The van der Waals surface area contributed by atoms with Crippen molar-refractivity contribution >= 4 is 11.6 Å². The molecule has 0 N–H and O–H groups in total. The van der Waals surface area contributed by atoms with E-state index in [0.717, 1.165) is 12.3 Å². The van der Waals surface area contributed by atoms with Crippen LogP contribution in [0.15, 0.2) is 12.4 Å². The summed E-state index contributed by atoms with van der Waals surface area (Å²) in [7, 11) is 0. The lowest BCUT2D eigenvalue weighted by Gasteiger charge is -2.07. The Kier molecular flexibility index (Phi) is 6.11. The Hall–Kier alpha value is -0.870. The minimum absolute atomic E-state index is 0.366. The molecule has 4 nitrogen and oxygen atoms in total. The maximum atomic E-state index is 5.59. The summed E-state index contributed by atoms with van der Waals surface area (Å²) in [6.07, 6.45) is 3.18. The van der Waals surface area contributed by atoms with Gasteiger partial charge in [0, 0.05) is 6.61 Å². The van der Waals surface area contributed by atoms with Gasteiger partial charge in [0.05, 0.1) is 30.6 Å². The first kappa shape index (κ1) is 13.2. The van der Waals surface area contributed by atoms with Crippen LogP contribution in [0.4, 0.5) is 0 Å². The molecule has 90 valence electrons. The highest BCUT2D eigenvalue weighted by atomic mass is 35.5. The molecule has 0 fully saturated rings. The fourth-order valence-electron chi connectivity index (χ4n) is 1.01. The topological polar surface area (TPSA) is 44.2 Å². The van der Waals surface area contributed by atoms with Gasteiger partial charge in [0.15, 0.2) is 0 Å². The second-order valence-electron chi connectivity index (χ2n) is 3.80. The van der Waals surface area contributed by atoms with E-state index in [9.17, 15) is 0 Å². The third kappa shape index (κ3) is 5.28. The number of ether oxygens (including phenoxy) is 2. The van der Waals surface area contributed by atoms with Crippen LogP contribution in [-0.2, 0) is 10.6 Å². The Balaban J connectivity index is 2.16. The summed E-state index contributed by atoms with van der Waals surface area (Å²) in [5.41, 5.74) is 0.741. The fraction of sp³-hybridized carbons (Fsp3) is 0.636. The first-order valence-electron chi connectivity index (χ1n) is 5.29. The minimum Gasteiger partial charge on any atom is -0.474 e. The number of rotatable bonds is 7. The molecular weight excluding hydrogens is 228 g/mol. The standard InChI is InChI=1S/C11H17ClN2O2/c1-9(2)8-15-3-4-16-11-7-13-10(5-12)6-14-11/h6-7,9H,3-5,8H2,1-2H3. The van der Waals surface area contributed by atoms with Crippen molar-refractivity contribution in [3.63, 3.8) is 0 Å². The summed E-state index contributed by atoms with van der Waals surface area (Å²) in [5.74, 6) is 1.41. The Morgan fingerprint density at radius 2 is 2.06 bits per heavy atom. The van der Waals surface area contributed by atoms with E-state index in [1.165, 1.54) is 0 Å². The van der Waals surface area contributed by atoms with Crippen molar-refractivity contribution in [2.45, 2.75) is 19.7 Å². The molecule has 0 spiro atoms. The number of nitrogens with zero attached hydrogens (tertiary/aromatic N) is 2. The molecule has 0 aliphatic carbocycles. The van der Waals surface area contributed by atoms with Gasteiger partial charge in [0.2, 0.25) is 5.88 Å². The predicted molar refractivity (Wildman–Crippen MR) is 62.7 cm³/mol. The minimum atomic E-state index is 0.366. The van der Waals surface area contributed by atoms with Crippen molar-refractivity contribution in [3.05, 3.63) is 18.1 Å². The molecule has 0 unspecified atom stereocenters. The van der Waals surface area contributed by atoms with E-state index in [1.54, 1.807) is 12.4 Å². The molecule has 0 amide bonds. The van der Waals surface area contributed by atoms with Gasteiger partial charge in [-0.25, -0.2) is 4.98 Å². The van der Waals surface area contributed by atoms with E-state index in [1.807, 2.05) is 0 Å². The van der Waals surface area contributed by atoms with Crippen LogP contribution in [0.25, 0.3) is 0 Å². The molecule has 0 bridgehead atoms. The Bertz CT molecular complexity index is 291. The third-order valence-corrected chi connectivity index (χ3v) is 2.02. The van der Waals surface area contributed by atoms with Crippen molar-refractivity contribution in [3.8, 4) is 5.88 Å². The fourth-order valence-corrected chi connectivity index (χ4v) is 1.15. The van der Waals surface area contributed by atoms with Crippen molar-refractivity contribution in [1.29, 1.82) is 0 Å². The molecule has 1 aromatic rings. The molecule has 16 heavy (non-hydrogen) atoms. The maximum Gasteiger partial charge on any atom is 0.232 e. The van der Waals surface area contributed by atoms with E-state index < -0.39 is 0 Å². The molecule has 1 heterocycles. The molecule has 0 radical (unpaired) electrons. The van der Waals surface area contributed by atoms with Gasteiger partial charge < -0.3 is 9.47 Å². The van der Waals surface area contributed by atoms with Crippen LogP contribution in [-0.4, -0.2) is 29.8 Å². The van der Waals surface area contributed by atoms with E-state index in [2.05, 4.69) is 23.8 Å². The number of halogens is 1. The Labute approximate surface area is 101 Å². The molecular formula is C11H17ClN2O2. The summed E-state index contributed by atoms with van der Waals surface area (Å²) in [6.45, 7) is 6.02. The smallest absolute Gasteiger partial charge is 0.232 e. The number of alkyl halides is 1. The van der Waals surface area contributed by atoms with Gasteiger partial charge in [-0.2, -0.15) is 0 Å². The zero-order valence-corrected chi connectivity index (χ0v) is 10.4. The van der Waals surface area contributed by atoms with Gasteiger partial charge in [-0.15, -0.1) is 11.6 Å². The zero-order valence-electron chi connectivity index (χ0n) is 9.65. The van der Waals surface area contributed by atoms with Gasteiger partial charge in [-0.1, -0.05) is 13.8 Å². The predicted octanol–water partition coefficient (Wildman–Crippen LogP) is 2.27. The van der Waals surface area contributed by atoms with Gasteiger partial charge in [0.1, 0.15) is 6.61 Å². The van der Waals surface area contributed by atoms with Gasteiger partial charge >= 0.3 is 0 Å². The molecule has 0 aliphatic rings. The normalized spacial score (nSPS) is 10.8. The van der Waals surface area contributed by atoms with Crippen molar-refractivity contribution in [1.82, 2.24) is 9.97 Å². The molecule has 5 heteroatoms. The first-order chi connectivity index (χ1) is 7.72. The van der Waals surface area contributed by atoms with Crippen LogP contribution >= 0.6 is 11.6 Å². The second kappa shape index (κ2) is 7.41. The summed E-state index contributed by atoms with van der Waals surface area (Å²) >= 11 is 5.59. The molecule has 0 saturated heterocycles. The van der Waals surface area contributed by atoms with Crippen molar-refractivity contribution in [2.75, 3.05) is 19.8 Å². The quantitative estimate of drug-likeness (QED) is 0.545. The number of aromatic nitrogens is 2. The highest BCUT2D eigenvalue weighted by Gasteiger charge is 1.98. The molecule has 1 aromatic heterocycles. The summed E-state index contributed by atoms with van der Waals surface area (Å²) in [5, 5.41) is 0. The Morgan fingerprint density at radius 1 is 1.25 bits per heavy atom. The van der Waals surface area contributed by atoms with Crippen LogP contribution < -0.4 is 4.74 Å². The zero-order chi connectivity index (χ0) is 11.8. The first-order valence-corrected chi connectivity index (χ1v) is 5.83. The summed E-state index contributed by atoms with van der Waals surface area (Å²) in [4.78, 5) is 8.12. The lowest BCUT2D eigenvalue weighted by Crippen LogP contribution is -2.10. The average Bonchev–Trinajstić information content (AvgIpc) is 2.29. The maximum absolute atomic E-state index is 5.59. The molecule has 0 atom stereocenters. The van der Waals surface area contributed by atoms with E-state index in [4.69, 9.17) is 21.1 Å². The highest BCUT2D eigenvalue weighted by Crippen LogP contribution is 2.05. The van der Waals surface area contributed by atoms with Gasteiger partial charge in [-0.3, -0.25) is 4.98 Å². The van der Waals surface area contributed by atoms with Gasteiger partial charge in [0.25, 0.3) is 0 Å². The van der Waals surface area contributed by atoms with E-state index in [0.29, 0.717) is 30.9 Å². The lowest BCUT2D eigenvalue weighted by atomic mass is 10.2. The third-order valence-electron chi connectivity index (χ3n) is 1.75. The van der Waals surface area contributed by atoms with Gasteiger partial charge in [-0.05, 0) is 5.92 Å². The number of hydrogen-bond donors (Lipinski definition) is 0. The van der Waals surface area contributed by atoms with E-state index >= 15 is 0 Å². The molecule has 0 saturated carbocycles. The van der Waals surface area contributed by atoms with Crippen LogP contribution in [0.2, 0.25) is 0 Å². The summed E-state index contributed by atoms with van der Waals surface area (Å²) < 4.78 is 10.7. The average molecular weight is 245 g/mol. The van der Waals surface area contributed by atoms with Crippen molar-refractivity contribution < 1.29 is 9.47 Å². The van der Waals surface area contributed by atoms with Crippen LogP contribution in [0, 0.1) is 5.92 Å². The largest absolute Gasteiger partial charge is 0.474 e. The van der Waals surface area contributed by atoms with E-state index in [-0.39, 0.29) is 0 Å². The Morgan fingerprint density at radius 3 is 2.62 bits per heavy atom. The SMILES string of the molecule is CC(C)COCCOc1cnc(CCl)cn1.